The number of rotatable bonds is 3. The number of carbonyl (C=O) groups is 1. The van der Waals surface area contributed by atoms with Crippen LogP contribution in [0, 0.1) is 5.82 Å². The number of hydrogen-bond acceptors (Lipinski definition) is 2. The highest BCUT2D eigenvalue weighted by atomic mass is 79.9. The molecule has 1 aliphatic rings. The fourth-order valence-electron chi connectivity index (χ4n) is 2.55. The van der Waals surface area contributed by atoms with E-state index in [9.17, 15) is 14.3 Å². The molecule has 2 rings (SSSR count). The van der Waals surface area contributed by atoms with Crippen LogP contribution in [0.5, 0.6) is 0 Å². The van der Waals surface area contributed by atoms with Gasteiger partial charge in [0.1, 0.15) is 5.82 Å². The summed E-state index contributed by atoms with van der Waals surface area (Å²) in [5.41, 5.74) is -0.279. The number of aliphatic hydroxyl groups is 1. The molecule has 19 heavy (non-hydrogen) atoms. The highest BCUT2D eigenvalue weighted by Gasteiger charge is 2.33. The number of nitrogens with one attached hydrogen (secondary N) is 1. The second-order valence-electron chi connectivity index (χ2n) is 5.11. The average Bonchev–Trinajstić information content (AvgIpc) is 2.38. The van der Waals surface area contributed by atoms with Gasteiger partial charge in [0.2, 0.25) is 0 Å². The summed E-state index contributed by atoms with van der Waals surface area (Å²) in [6.07, 6.45) is 4.65. The molecule has 1 aromatic rings. The first-order valence-corrected chi connectivity index (χ1v) is 7.23. The first kappa shape index (κ1) is 14.5. The van der Waals surface area contributed by atoms with Crippen LogP contribution in [0.1, 0.15) is 42.5 Å². The van der Waals surface area contributed by atoms with Crippen molar-refractivity contribution in [3.8, 4) is 0 Å². The molecule has 2 N–H and O–H groups in total. The lowest BCUT2D eigenvalue weighted by Gasteiger charge is -2.36. The molecule has 0 atom stereocenters. The Hall–Kier alpha value is -0.940. The van der Waals surface area contributed by atoms with Gasteiger partial charge in [-0.15, -0.1) is 0 Å². The minimum atomic E-state index is -0.547. The Morgan fingerprint density at radius 1 is 1.32 bits per heavy atom. The Bertz CT molecular complexity index is 452. The average molecular weight is 330 g/mol. The van der Waals surface area contributed by atoms with Crippen molar-refractivity contribution >= 4 is 21.8 Å². The van der Waals surface area contributed by atoms with Crippen molar-refractivity contribution in [2.75, 3.05) is 6.61 Å². The van der Waals surface area contributed by atoms with Crippen molar-refractivity contribution in [1.29, 1.82) is 0 Å². The number of hydrogen-bond donors (Lipinski definition) is 2. The van der Waals surface area contributed by atoms with Crippen molar-refractivity contribution in [2.24, 2.45) is 0 Å². The van der Waals surface area contributed by atoms with E-state index >= 15 is 0 Å². The quantitative estimate of drug-likeness (QED) is 0.895. The minimum Gasteiger partial charge on any atom is -0.394 e. The highest BCUT2D eigenvalue weighted by Crippen LogP contribution is 2.28. The van der Waals surface area contributed by atoms with Gasteiger partial charge < -0.3 is 10.4 Å². The van der Waals surface area contributed by atoms with E-state index in [0.29, 0.717) is 4.47 Å². The molecule has 1 aliphatic carbocycles. The first-order chi connectivity index (χ1) is 9.04. The van der Waals surface area contributed by atoms with E-state index in [2.05, 4.69) is 21.2 Å². The van der Waals surface area contributed by atoms with Crippen molar-refractivity contribution < 1.29 is 14.3 Å². The van der Waals surface area contributed by atoms with Crippen LogP contribution in [0.2, 0.25) is 0 Å². The second-order valence-corrected chi connectivity index (χ2v) is 6.03. The predicted octanol–water partition coefficient (Wildman–Crippen LogP) is 3.01. The largest absolute Gasteiger partial charge is 0.394 e. The van der Waals surface area contributed by atoms with Crippen LogP contribution in [-0.4, -0.2) is 23.2 Å². The lowest BCUT2D eigenvalue weighted by molar-refractivity contribution is 0.0758. The van der Waals surface area contributed by atoms with Crippen molar-refractivity contribution in [3.05, 3.63) is 34.1 Å². The van der Waals surface area contributed by atoms with E-state index in [-0.39, 0.29) is 18.1 Å². The van der Waals surface area contributed by atoms with Crippen LogP contribution < -0.4 is 5.32 Å². The van der Waals surface area contributed by atoms with Crippen LogP contribution in [0.4, 0.5) is 4.39 Å². The fourth-order valence-corrected chi connectivity index (χ4v) is 3.01. The summed E-state index contributed by atoms with van der Waals surface area (Å²) in [6.45, 7) is -0.0742. The van der Waals surface area contributed by atoms with Crippen LogP contribution in [0.25, 0.3) is 0 Å². The third kappa shape index (κ3) is 3.54. The van der Waals surface area contributed by atoms with Gasteiger partial charge in [-0.3, -0.25) is 4.79 Å². The fraction of sp³-hybridized carbons (Fsp3) is 0.500. The summed E-state index contributed by atoms with van der Waals surface area (Å²) in [6, 6.07) is 4.08. The van der Waals surface area contributed by atoms with Crippen LogP contribution in [0.15, 0.2) is 22.7 Å². The second kappa shape index (κ2) is 6.01. The van der Waals surface area contributed by atoms with Gasteiger partial charge in [-0.25, -0.2) is 4.39 Å². The summed E-state index contributed by atoms with van der Waals surface area (Å²) in [7, 11) is 0. The van der Waals surface area contributed by atoms with Gasteiger partial charge in [0.25, 0.3) is 5.91 Å². The number of halogens is 2. The minimum absolute atomic E-state index is 0.0742. The smallest absolute Gasteiger partial charge is 0.251 e. The van der Waals surface area contributed by atoms with Crippen molar-refractivity contribution in [2.45, 2.75) is 37.6 Å². The third-order valence-electron chi connectivity index (χ3n) is 3.62. The van der Waals surface area contributed by atoms with Gasteiger partial charge in [0.15, 0.2) is 0 Å². The SMILES string of the molecule is O=C(NC1(CO)CCCCC1)c1cc(F)cc(Br)c1. The molecular weight excluding hydrogens is 313 g/mol. The van der Waals surface area contributed by atoms with E-state index < -0.39 is 11.4 Å². The van der Waals surface area contributed by atoms with E-state index in [1.54, 1.807) is 6.07 Å². The van der Waals surface area contributed by atoms with Crippen LogP contribution >= 0.6 is 15.9 Å². The molecule has 1 amide bonds. The molecule has 0 heterocycles. The zero-order chi connectivity index (χ0) is 13.9. The molecule has 0 bridgehead atoms. The molecule has 0 unspecified atom stereocenters. The van der Waals surface area contributed by atoms with E-state index in [1.807, 2.05) is 0 Å². The summed E-state index contributed by atoms with van der Waals surface area (Å²) >= 11 is 3.17. The lowest BCUT2D eigenvalue weighted by atomic mass is 9.82. The zero-order valence-electron chi connectivity index (χ0n) is 10.6. The molecule has 0 aliphatic heterocycles. The van der Waals surface area contributed by atoms with E-state index in [1.165, 1.54) is 12.1 Å². The molecule has 104 valence electrons. The number of aliphatic hydroxyl groups excluding tert-OH is 1. The monoisotopic (exact) mass is 329 g/mol. The lowest BCUT2D eigenvalue weighted by Crippen LogP contribution is -2.52. The molecular formula is C14H17BrFNO2. The normalized spacial score (nSPS) is 18.1. The van der Waals surface area contributed by atoms with Crippen LogP contribution in [-0.2, 0) is 0 Å². The van der Waals surface area contributed by atoms with Crippen molar-refractivity contribution in [1.82, 2.24) is 5.32 Å². The maximum atomic E-state index is 13.3. The number of carbonyl (C=O) groups excluding carboxylic acids is 1. The standard InChI is InChI=1S/C14H17BrFNO2/c15-11-6-10(7-12(16)8-11)13(19)17-14(9-18)4-2-1-3-5-14/h6-8,18H,1-5,9H2,(H,17,19). The Morgan fingerprint density at radius 3 is 2.58 bits per heavy atom. The molecule has 0 saturated heterocycles. The summed E-state index contributed by atoms with van der Waals surface area (Å²) in [4.78, 5) is 12.2. The van der Waals surface area contributed by atoms with Gasteiger partial charge in [-0.05, 0) is 31.0 Å². The Kier molecular flexibility index (Phi) is 4.58. The number of benzene rings is 1. The molecule has 1 saturated carbocycles. The molecule has 5 heteroatoms. The zero-order valence-corrected chi connectivity index (χ0v) is 12.2. The van der Waals surface area contributed by atoms with Crippen LogP contribution in [0.3, 0.4) is 0 Å². The molecule has 0 aromatic heterocycles. The molecule has 1 fully saturated rings. The van der Waals surface area contributed by atoms with E-state index in [4.69, 9.17) is 0 Å². The topological polar surface area (TPSA) is 49.3 Å². The Morgan fingerprint density at radius 2 is 2.00 bits per heavy atom. The molecule has 1 aromatic carbocycles. The van der Waals surface area contributed by atoms with E-state index in [0.717, 1.165) is 32.1 Å². The van der Waals surface area contributed by atoms with Gasteiger partial charge in [0, 0.05) is 10.0 Å². The van der Waals surface area contributed by atoms with Gasteiger partial charge in [-0.1, -0.05) is 35.2 Å². The van der Waals surface area contributed by atoms with Gasteiger partial charge in [0.05, 0.1) is 12.1 Å². The predicted molar refractivity (Wildman–Crippen MR) is 74.5 cm³/mol. The highest BCUT2D eigenvalue weighted by molar-refractivity contribution is 9.10. The summed E-state index contributed by atoms with van der Waals surface area (Å²) in [5, 5.41) is 12.4. The summed E-state index contributed by atoms with van der Waals surface area (Å²) in [5.74, 6) is -0.794. The van der Waals surface area contributed by atoms with Gasteiger partial charge in [-0.2, -0.15) is 0 Å². The molecule has 3 nitrogen and oxygen atoms in total. The van der Waals surface area contributed by atoms with Gasteiger partial charge >= 0.3 is 0 Å². The molecule has 0 spiro atoms. The van der Waals surface area contributed by atoms with Crippen molar-refractivity contribution in [3.63, 3.8) is 0 Å². The summed E-state index contributed by atoms with van der Waals surface area (Å²) < 4.78 is 13.8. The Balaban J connectivity index is 2.15. The maximum Gasteiger partial charge on any atom is 0.251 e. The first-order valence-electron chi connectivity index (χ1n) is 6.44. The maximum absolute atomic E-state index is 13.3. The third-order valence-corrected chi connectivity index (χ3v) is 4.07. The number of amides is 1. The Labute approximate surface area is 120 Å². The molecule has 0 radical (unpaired) electrons.